The molecule has 0 bridgehead atoms. The fourth-order valence-corrected chi connectivity index (χ4v) is 1.63. The van der Waals surface area contributed by atoms with Crippen molar-refractivity contribution in [1.82, 2.24) is 0 Å². The third kappa shape index (κ3) is 3.75. The Balaban J connectivity index is 2.02. The maximum Gasteiger partial charge on any atom is 0.522 e. The lowest BCUT2D eigenvalue weighted by atomic mass is 10.1. The normalized spacial score (nSPS) is 11.7. The van der Waals surface area contributed by atoms with Crippen LogP contribution >= 0.6 is 0 Å². The number of aromatic hydroxyl groups is 1. The fourth-order valence-electron chi connectivity index (χ4n) is 1.63. The van der Waals surface area contributed by atoms with Crippen LogP contribution in [-0.4, -0.2) is 24.7 Å². The van der Waals surface area contributed by atoms with Crippen LogP contribution in [0.15, 0.2) is 36.4 Å². The Morgan fingerprint density at radius 2 is 1.63 bits per heavy atom. The minimum atomic E-state index is -4.67. The first-order valence-corrected chi connectivity index (χ1v) is 5.51. The summed E-state index contributed by atoms with van der Waals surface area (Å²) in [7, 11) is 0. The van der Waals surface area contributed by atoms with Crippen LogP contribution in [0.4, 0.5) is 13.2 Å². The largest absolute Gasteiger partial charge is 0.522 e. The molecule has 0 aliphatic heterocycles. The Morgan fingerprint density at radius 1 is 1.00 bits per heavy atom. The number of hydrogen-bond donors (Lipinski definition) is 1. The SMILES string of the molecule is Oc1cc2ccccc2cc1OCCOC(F)(F)F. The Kier molecular flexibility index (Phi) is 3.80. The summed E-state index contributed by atoms with van der Waals surface area (Å²) in [6.07, 6.45) is -4.67. The van der Waals surface area contributed by atoms with Gasteiger partial charge in [0.15, 0.2) is 11.5 Å². The van der Waals surface area contributed by atoms with Crippen LogP contribution in [0.25, 0.3) is 10.8 Å². The van der Waals surface area contributed by atoms with Gasteiger partial charge in [-0.3, -0.25) is 4.74 Å². The zero-order valence-corrected chi connectivity index (χ0v) is 9.78. The first-order valence-electron chi connectivity index (χ1n) is 5.51. The average molecular weight is 272 g/mol. The summed E-state index contributed by atoms with van der Waals surface area (Å²) in [6, 6.07) is 10.3. The monoisotopic (exact) mass is 272 g/mol. The van der Waals surface area contributed by atoms with Crippen LogP contribution in [0.2, 0.25) is 0 Å². The number of benzene rings is 2. The number of fused-ring (bicyclic) bond motifs is 1. The van der Waals surface area contributed by atoms with E-state index in [1.807, 2.05) is 24.3 Å². The summed E-state index contributed by atoms with van der Waals surface area (Å²) in [6.45, 7) is -0.929. The van der Waals surface area contributed by atoms with Gasteiger partial charge in [-0.1, -0.05) is 24.3 Å². The minimum absolute atomic E-state index is 0.120. The molecular formula is C13H11F3O3. The van der Waals surface area contributed by atoms with Gasteiger partial charge in [0, 0.05) is 0 Å². The fraction of sp³-hybridized carbons (Fsp3) is 0.231. The van der Waals surface area contributed by atoms with Gasteiger partial charge in [0.25, 0.3) is 0 Å². The number of halogens is 3. The maximum atomic E-state index is 11.7. The molecule has 1 N–H and O–H groups in total. The Bertz CT molecular complexity index is 567. The standard InChI is InChI=1S/C13H11F3O3/c14-13(15,16)19-6-5-18-12-8-10-4-2-1-3-9(10)7-11(12)17/h1-4,7-8,17H,5-6H2. The van der Waals surface area contributed by atoms with E-state index in [4.69, 9.17) is 4.74 Å². The molecule has 2 rings (SSSR count). The van der Waals surface area contributed by atoms with Crippen molar-refractivity contribution in [3.05, 3.63) is 36.4 Å². The molecular weight excluding hydrogens is 261 g/mol. The van der Waals surface area contributed by atoms with Gasteiger partial charge in [0.2, 0.25) is 0 Å². The molecule has 0 aliphatic carbocycles. The van der Waals surface area contributed by atoms with Gasteiger partial charge in [-0.15, -0.1) is 13.2 Å². The number of rotatable bonds is 4. The van der Waals surface area contributed by atoms with Crippen LogP contribution in [0, 0.1) is 0 Å². The number of phenolic OH excluding ortho intramolecular Hbond substituents is 1. The minimum Gasteiger partial charge on any atom is -0.504 e. The van der Waals surface area contributed by atoms with E-state index in [0.717, 1.165) is 10.8 Å². The molecule has 0 atom stereocenters. The molecule has 0 saturated heterocycles. The van der Waals surface area contributed by atoms with Crippen molar-refractivity contribution in [3.63, 3.8) is 0 Å². The lowest BCUT2D eigenvalue weighted by Gasteiger charge is -2.11. The number of ether oxygens (including phenoxy) is 2. The van der Waals surface area contributed by atoms with E-state index in [0.29, 0.717) is 0 Å². The third-order valence-corrected chi connectivity index (χ3v) is 2.43. The van der Waals surface area contributed by atoms with Gasteiger partial charge in [-0.05, 0) is 22.9 Å². The smallest absolute Gasteiger partial charge is 0.504 e. The second-order valence-corrected chi connectivity index (χ2v) is 3.81. The van der Waals surface area contributed by atoms with Crippen LogP contribution in [-0.2, 0) is 4.74 Å². The molecule has 0 unspecified atom stereocenters. The zero-order valence-electron chi connectivity index (χ0n) is 9.78. The van der Waals surface area contributed by atoms with Crippen molar-refractivity contribution in [2.24, 2.45) is 0 Å². The molecule has 0 amide bonds. The van der Waals surface area contributed by atoms with Crippen molar-refractivity contribution in [2.45, 2.75) is 6.36 Å². The summed E-state index contributed by atoms with van der Waals surface area (Å²) < 4.78 is 43.9. The first kappa shape index (κ1) is 13.5. The molecule has 0 radical (unpaired) electrons. The Morgan fingerprint density at radius 3 is 2.26 bits per heavy atom. The van der Waals surface area contributed by atoms with Crippen molar-refractivity contribution in [1.29, 1.82) is 0 Å². The summed E-state index contributed by atoms with van der Waals surface area (Å²) >= 11 is 0. The van der Waals surface area contributed by atoms with Crippen molar-refractivity contribution < 1.29 is 27.8 Å². The first-order chi connectivity index (χ1) is 8.96. The molecule has 3 nitrogen and oxygen atoms in total. The summed E-state index contributed by atoms with van der Waals surface area (Å²) in [4.78, 5) is 0. The molecule has 0 heterocycles. The van der Waals surface area contributed by atoms with Crippen LogP contribution in [0.5, 0.6) is 11.5 Å². The molecule has 102 valence electrons. The molecule has 0 spiro atoms. The van der Waals surface area contributed by atoms with Crippen molar-refractivity contribution in [2.75, 3.05) is 13.2 Å². The molecule has 19 heavy (non-hydrogen) atoms. The molecule has 2 aromatic carbocycles. The van der Waals surface area contributed by atoms with E-state index in [1.165, 1.54) is 6.07 Å². The lowest BCUT2D eigenvalue weighted by Crippen LogP contribution is -2.18. The molecule has 0 saturated carbocycles. The summed E-state index contributed by atoms with van der Waals surface area (Å²) in [5.74, 6) is 0.00943. The average Bonchev–Trinajstić information content (AvgIpc) is 2.33. The quantitative estimate of drug-likeness (QED) is 0.866. The van der Waals surface area contributed by atoms with Gasteiger partial charge in [-0.2, -0.15) is 0 Å². The highest BCUT2D eigenvalue weighted by molar-refractivity contribution is 5.85. The molecule has 0 fully saturated rings. The number of hydrogen-bond acceptors (Lipinski definition) is 3. The second-order valence-electron chi connectivity index (χ2n) is 3.81. The molecule has 0 aromatic heterocycles. The maximum absolute atomic E-state index is 11.7. The van der Waals surface area contributed by atoms with E-state index in [9.17, 15) is 18.3 Å². The highest BCUT2D eigenvalue weighted by Gasteiger charge is 2.28. The van der Waals surface area contributed by atoms with Crippen molar-refractivity contribution in [3.8, 4) is 11.5 Å². The van der Waals surface area contributed by atoms with Crippen LogP contribution in [0.1, 0.15) is 0 Å². The zero-order chi connectivity index (χ0) is 13.9. The highest BCUT2D eigenvalue weighted by atomic mass is 19.4. The predicted octanol–water partition coefficient (Wildman–Crippen LogP) is 3.46. The summed E-state index contributed by atoms with van der Waals surface area (Å²) in [5.41, 5.74) is 0. The van der Waals surface area contributed by atoms with E-state index >= 15 is 0 Å². The Labute approximate surface area is 107 Å². The van der Waals surface area contributed by atoms with Crippen LogP contribution in [0.3, 0.4) is 0 Å². The molecule has 0 aliphatic rings. The highest BCUT2D eigenvalue weighted by Crippen LogP contribution is 2.31. The van der Waals surface area contributed by atoms with E-state index in [2.05, 4.69) is 4.74 Å². The van der Waals surface area contributed by atoms with Crippen LogP contribution < -0.4 is 4.74 Å². The van der Waals surface area contributed by atoms with Gasteiger partial charge in [-0.25, -0.2) is 0 Å². The number of phenols is 1. The van der Waals surface area contributed by atoms with E-state index in [1.54, 1.807) is 6.07 Å². The van der Waals surface area contributed by atoms with Gasteiger partial charge >= 0.3 is 6.36 Å². The van der Waals surface area contributed by atoms with E-state index < -0.39 is 13.0 Å². The predicted molar refractivity (Wildman–Crippen MR) is 63.1 cm³/mol. The summed E-state index contributed by atoms with van der Waals surface area (Å²) in [5, 5.41) is 11.3. The number of alkyl halides is 3. The molecule has 6 heteroatoms. The van der Waals surface area contributed by atoms with Gasteiger partial charge in [0.05, 0.1) is 6.61 Å². The van der Waals surface area contributed by atoms with E-state index in [-0.39, 0.29) is 18.1 Å². The van der Waals surface area contributed by atoms with Crippen molar-refractivity contribution >= 4 is 10.8 Å². The van der Waals surface area contributed by atoms with Gasteiger partial charge < -0.3 is 9.84 Å². The topological polar surface area (TPSA) is 38.7 Å². The molecule has 2 aromatic rings. The second kappa shape index (κ2) is 5.36. The van der Waals surface area contributed by atoms with Gasteiger partial charge in [0.1, 0.15) is 6.61 Å². The Hall–Kier alpha value is -1.95. The third-order valence-electron chi connectivity index (χ3n) is 2.43. The lowest BCUT2D eigenvalue weighted by molar-refractivity contribution is -0.325.